The van der Waals surface area contributed by atoms with Crippen molar-refractivity contribution < 1.29 is 20.4 Å². The Balaban J connectivity index is 2.19. The van der Waals surface area contributed by atoms with Gasteiger partial charge in [0.1, 0.15) is 11.7 Å². The Morgan fingerprint density at radius 2 is 1.94 bits per heavy atom. The lowest BCUT2D eigenvalue weighted by molar-refractivity contribution is -0.359. The zero-order valence-electron chi connectivity index (χ0n) is 9.62. The average Bonchev–Trinajstić information content (AvgIpc) is 2.36. The zero-order valence-corrected chi connectivity index (χ0v) is 9.62. The molecule has 0 aromatic heterocycles. The Hall–Kier alpha value is -0.940. The molecule has 0 saturated heterocycles. The number of aliphatic hydroxyl groups is 2. The van der Waals surface area contributed by atoms with Gasteiger partial charge in [0.15, 0.2) is 0 Å². The Labute approximate surface area is 100 Å². The molecule has 4 nitrogen and oxygen atoms in total. The van der Waals surface area contributed by atoms with E-state index < -0.39 is 17.8 Å². The second kappa shape index (κ2) is 5.14. The third kappa shape index (κ3) is 2.50. The van der Waals surface area contributed by atoms with Crippen molar-refractivity contribution >= 4 is 0 Å². The van der Waals surface area contributed by atoms with Gasteiger partial charge in [-0.3, -0.25) is 5.26 Å². The minimum atomic E-state index is -1.08. The summed E-state index contributed by atoms with van der Waals surface area (Å²) in [7, 11) is 0. The predicted molar refractivity (Wildman–Crippen MR) is 62.5 cm³/mol. The van der Waals surface area contributed by atoms with Gasteiger partial charge in [0.2, 0.25) is 0 Å². The standard InChI is InChI=1S/C13H18O4/c14-11-7-4-8-13(17-16,12(11)15)9-10-5-2-1-3-6-10/h1-3,5-6,11-12,14-16H,4,7-9H2/t11-,12-,13+/m1/s1. The molecule has 0 heterocycles. The molecule has 0 amide bonds. The molecule has 17 heavy (non-hydrogen) atoms. The van der Waals surface area contributed by atoms with Crippen LogP contribution in [0.5, 0.6) is 0 Å². The molecule has 0 bridgehead atoms. The van der Waals surface area contributed by atoms with Gasteiger partial charge in [-0.1, -0.05) is 30.3 Å². The summed E-state index contributed by atoms with van der Waals surface area (Å²) >= 11 is 0. The summed E-state index contributed by atoms with van der Waals surface area (Å²) in [5.74, 6) is 0. The molecule has 0 spiro atoms. The van der Waals surface area contributed by atoms with Crippen LogP contribution in [-0.2, 0) is 11.3 Å². The van der Waals surface area contributed by atoms with Crippen molar-refractivity contribution in [1.82, 2.24) is 0 Å². The molecule has 1 fully saturated rings. The maximum Gasteiger partial charge on any atom is 0.135 e. The average molecular weight is 238 g/mol. The van der Waals surface area contributed by atoms with Gasteiger partial charge < -0.3 is 10.2 Å². The summed E-state index contributed by atoms with van der Waals surface area (Å²) in [5.41, 5.74) is -0.117. The fraction of sp³-hybridized carbons (Fsp3) is 0.538. The molecule has 1 aromatic rings. The Morgan fingerprint density at radius 3 is 2.59 bits per heavy atom. The second-order valence-corrected chi connectivity index (χ2v) is 4.72. The summed E-state index contributed by atoms with van der Waals surface area (Å²) in [6.07, 6.45) is 0.312. The van der Waals surface area contributed by atoms with Gasteiger partial charge in [0, 0.05) is 6.42 Å². The van der Waals surface area contributed by atoms with E-state index in [9.17, 15) is 10.2 Å². The van der Waals surface area contributed by atoms with Gasteiger partial charge in [-0.05, 0) is 24.8 Å². The molecule has 3 atom stereocenters. The number of hydrogen-bond donors (Lipinski definition) is 3. The first-order valence-electron chi connectivity index (χ1n) is 5.90. The molecule has 0 unspecified atom stereocenters. The topological polar surface area (TPSA) is 69.9 Å². The van der Waals surface area contributed by atoms with Gasteiger partial charge in [-0.15, -0.1) is 0 Å². The van der Waals surface area contributed by atoms with Crippen LogP contribution < -0.4 is 0 Å². The van der Waals surface area contributed by atoms with Crippen LogP contribution in [0.3, 0.4) is 0 Å². The molecule has 2 rings (SSSR count). The molecule has 1 aromatic carbocycles. The lowest BCUT2D eigenvalue weighted by Gasteiger charge is -2.41. The highest BCUT2D eigenvalue weighted by Gasteiger charge is 2.46. The van der Waals surface area contributed by atoms with Crippen molar-refractivity contribution in [2.24, 2.45) is 0 Å². The summed E-state index contributed by atoms with van der Waals surface area (Å²) in [5, 5.41) is 28.8. The SMILES string of the molecule is OO[C@]1(Cc2ccccc2)CCC[C@@H](O)[C@H]1O. The van der Waals surface area contributed by atoms with Crippen molar-refractivity contribution in [3.8, 4) is 0 Å². The highest BCUT2D eigenvalue weighted by atomic mass is 17.1. The fourth-order valence-corrected chi connectivity index (χ4v) is 2.53. The monoisotopic (exact) mass is 238 g/mol. The minimum absolute atomic E-state index is 0.391. The first-order valence-corrected chi connectivity index (χ1v) is 5.90. The van der Waals surface area contributed by atoms with E-state index in [1.807, 2.05) is 30.3 Å². The van der Waals surface area contributed by atoms with Crippen molar-refractivity contribution in [2.75, 3.05) is 0 Å². The third-order valence-corrected chi connectivity index (χ3v) is 3.53. The van der Waals surface area contributed by atoms with E-state index in [1.165, 1.54) is 0 Å². The van der Waals surface area contributed by atoms with Crippen molar-refractivity contribution in [3.63, 3.8) is 0 Å². The maximum absolute atomic E-state index is 10.0. The summed E-state index contributed by atoms with van der Waals surface area (Å²) in [4.78, 5) is 4.56. The van der Waals surface area contributed by atoms with Crippen molar-refractivity contribution in [2.45, 2.75) is 43.5 Å². The first-order chi connectivity index (χ1) is 8.18. The molecule has 3 N–H and O–H groups in total. The Morgan fingerprint density at radius 1 is 1.24 bits per heavy atom. The summed E-state index contributed by atoms with van der Waals surface area (Å²) in [6, 6.07) is 9.52. The van der Waals surface area contributed by atoms with Gasteiger partial charge in [-0.2, -0.15) is 0 Å². The van der Waals surface area contributed by atoms with Gasteiger partial charge >= 0.3 is 0 Å². The summed E-state index contributed by atoms with van der Waals surface area (Å²) in [6.45, 7) is 0. The molecular weight excluding hydrogens is 220 g/mol. The van der Waals surface area contributed by atoms with Crippen LogP contribution in [0.2, 0.25) is 0 Å². The van der Waals surface area contributed by atoms with E-state index in [0.717, 1.165) is 12.0 Å². The predicted octanol–water partition coefficient (Wildman–Crippen LogP) is 1.36. The molecule has 1 aliphatic rings. The first kappa shape index (κ1) is 12.5. The van der Waals surface area contributed by atoms with E-state index in [4.69, 9.17) is 5.26 Å². The number of rotatable bonds is 3. The Kier molecular flexibility index (Phi) is 3.79. The lowest BCUT2D eigenvalue weighted by Crippen LogP contribution is -2.54. The fourth-order valence-electron chi connectivity index (χ4n) is 2.53. The number of aliphatic hydroxyl groups excluding tert-OH is 2. The quantitative estimate of drug-likeness (QED) is 0.549. The molecule has 0 aliphatic heterocycles. The van der Waals surface area contributed by atoms with Crippen LogP contribution in [0.4, 0.5) is 0 Å². The van der Waals surface area contributed by atoms with Gasteiger partial charge in [-0.25, -0.2) is 4.89 Å². The van der Waals surface area contributed by atoms with Crippen LogP contribution in [0, 0.1) is 0 Å². The number of hydrogen-bond acceptors (Lipinski definition) is 4. The molecule has 1 saturated carbocycles. The van der Waals surface area contributed by atoms with Gasteiger partial charge in [0.25, 0.3) is 0 Å². The lowest BCUT2D eigenvalue weighted by atomic mass is 9.77. The van der Waals surface area contributed by atoms with Gasteiger partial charge in [0.05, 0.1) is 6.10 Å². The van der Waals surface area contributed by atoms with E-state index in [-0.39, 0.29) is 0 Å². The maximum atomic E-state index is 10.0. The van der Waals surface area contributed by atoms with Crippen LogP contribution in [0.1, 0.15) is 24.8 Å². The third-order valence-electron chi connectivity index (χ3n) is 3.53. The Bertz CT molecular complexity index is 354. The molecular formula is C13H18O4. The van der Waals surface area contributed by atoms with Crippen LogP contribution in [0.15, 0.2) is 30.3 Å². The normalized spacial score (nSPS) is 33.6. The highest BCUT2D eigenvalue weighted by molar-refractivity contribution is 5.18. The van der Waals surface area contributed by atoms with Crippen LogP contribution in [0.25, 0.3) is 0 Å². The molecule has 1 aliphatic carbocycles. The molecule has 94 valence electrons. The largest absolute Gasteiger partial charge is 0.390 e. The molecule has 4 heteroatoms. The summed E-state index contributed by atoms with van der Waals surface area (Å²) < 4.78 is 0. The van der Waals surface area contributed by atoms with Crippen LogP contribution in [-0.4, -0.2) is 33.3 Å². The smallest absolute Gasteiger partial charge is 0.135 e. The second-order valence-electron chi connectivity index (χ2n) is 4.72. The minimum Gasteiger partial charge on any atom is -0.390 e. The van der Waals surface area contributed by atoms with E-state index in [1.54, 1.807) is 0 Å². The van der Waals surface area contributed by atoms with Crippen molar-refractivity contribution in [3.05, 3.63) is 35.9 Å². The van der Waals surface area contributed by atoms with E-state index in [2.05, 4.69) is 4.89 Å². The van der Waals surface area contributed by atoms with Crippen LogP contribution >= 0.6 is 0 Å². The zero-order chi connectivity index (χ0) is 12.3. The molecule has 0 radical (unpaired) electrons. The highest BCUT2D eigenvalue weighted by Crippen LogP contribution is 2.34. The van der Waals surface area contributed by atoms with E-state index in [0.29, 0.717) is 19.3 Å². The van der Waals surface area contributed by atoms with Crippen molar-refractivity contribution in [1.29, 1.82) is 0 Å². The number of benzene rings is 1. The van der Waals surface area contributed by atoms with E-state index >= 15 is 0 Å².